The molecule has 7 rings (SSSR count). The second-order valence-electron chi connectivity index (χ2n) is 10.5. The van der Waals surface area contributed by atoms with Crippen LogP contribution in [0.15, 0.2) is 119 Å². The van der Waals surface area contributed by atoms with Gasteiger partial charge < -0.3 is 4.90 Å². The van der Waals surface area contributed by atoms with Crippen LogP contribution >= 0.6 is 30.5 Å². The number of thiol groups is 1. The number of nitrogens with zero attached hydrogens (tertiary/aromatic N) is 1. The maximum atomic E-state index is 14.5. The molecule has 0 aromatic heterocycles. The first-order valence-corrected chi connectivity index (χ1v) is 16.5. The summed E-state index contributed by atoms with van der Waals surface area (Å²) < 4.78 is 29.0. The Morgan fingerprint density at radius 3 is 1.90 bits per heavy atom. The van der Waals surface area contributed by atoms with Crippen LogP contribution in [0, 0.1) is 11.6 Å². The number of rotatable bonds is 2. The van der Waals surface area contributed by atoms with E-state index in [-0.39, 0.29) is 5.41 Å². The highest BCUT2D eigenvalue weighted by atomic mass is 32.7. The molecule has 2 aliphatic heterocycles. The fourth-order valence-electron chi connectivity index (χ4n) is 6.00. The average Bonchev–Trinajstić information content (AvgIpc) is 2.93. The van der Waals surface area contributed by atoms with Crippen LogP contribution in [-0.4, -0.2) is 0 Å². The number of halogens is 2. The Labute approximate surface area is 237 Å². The number of benzene rings is 5. The second kappa shape index (κ2) is 8.96. The summed E-state index contributed by atoms with van der Waals surface area (Å²) >= 11 is 7.01. The largest absolute Gasteiger partial charge is 0.310 e. The molecule has 0 radical (unpaired) electrons. The molecule has 39 heavy (non-hydrogen) atoms. The first-order chi connectivity index (χ1) is 18.8. The molecule has 2 aliphatic rings. The lowest BCUT2D eigenvalue weighted by Gasteiger charge is -2.42. The van der Waals surface area contributed by atoms with Crippen molar-refractivity contribution in [2.45, 2.75) is 29.1 Å². The molecule has 0 amide bonds. The summed E-state index contributed by atoms with van der Waals surface area (Å²) in [5, 5.41) is 2.63. The summed E-state index contributed by atoms with van der Waals surface area (Å²) in [5.74, 6) is -1.17. The van der Waals surface area contributed by atoms with E-state index in [2.05, 4.69) is 91.5 Å². The van der Waals surface area contributed by atoms with Gasteiger partial charge in [-0.2, -0.15) is 0 Å². The highest BCUT2D eigenvalue weighted by molar-refractivity contribution is 8.61. The van der Waals surface area contributed by atoms with Gasteiger partial charge >= 0.3 is 0 Å². The van der Waals surface area contributed by atoms with Crippen LogP contribution < -0.4 is 20.8 Å². The lowest BCUT2D eigenvalue weighted by atomic mass is 9.73. The Hall–Kier alpha value is -3.11. The van der Waals surface area contributed by atoms with Crippen LogP contribution in [0.4, 0.5) is 25.8 Å². The number of hydrogen-bond donors (Lipinski definition) is 1. The standard InChI is InChI=1S/C33H25F2NPS2/c1-33(2)25-9-3-5-11-27(25)36(28-12-6-4-10-26(28)33)23-15-16-30-32(20-23)39-31-14-8-7-13-29(31)37(30,38)24-18-21(34)17-22(35)19-24/h3-20,38H,1-2H3/q+1. The van der Waals surface area contributed by atoms with Gasteiger partial charge in [0.05, 0.1) is 21.2 Å². The molecule has 6 heteroatoms. The van der Waals surface area contributed by atoms with Gasteiger partial charge in [-0.1, -0.05) is 74.1 Å². The quantitative estimate of drug-likeness (QED) is 0.168. The molecular formula is C33H25F2NPS2+. The molecule has 192 valence electrons. The van der Waals surface area contributed by atoms with E-state index in [0.29, 0.717) is 5.30 Å². The summed E-state index contributed by atoms with van der Waals surface area (Å²) in [7, 11) is 0. The Balaban J connectivity index is 1.46. The molecule has 0 bridgehead atoms. The minimum absolute atomic E-state index is 0.140. The van der Waals surface area contributed by atoms with Gasteiger partial charge in [0.25, 0.3) is 0 Å². The highest BCUT2D eigenvalue weighted by Crippen LogP contribution is 2.66. The summed E-state index contributed by atoms with van der Waals surface area (Å²) in [5.41, 5.74) is 5.75. The number of fused-ring (bicyclic) bond motifs is 4. The molecule has 1 atom stereocenters. The van der Waals surface area contributed by atoms with Crippen LogP contribution in [0.2, 0.25) is 0 Å². The highest BCUT2D eigenvalue weighted by Gasteiger charge is 2.50. The number of hydrogen-bond acceptors (Lipinski definition) is 3. The smallest absolute Gasteiger partial charge is 0.170 e. The molecule has 0 N–H and O–H groups in total. The lowest BCUT2D eigenvalue weighted by Crippen LogP contribution is -2.33. The fourth-order valence-corrected chi connectivity index (χ4v) is 12.6. The Bertz CT molecular complexity index is 1720. The molecular weight excluding hydrogens is 543 g/mol. The van der Waals surface area contributed by atoms with Crippen molar-refractivity contribution in [2.75, 3.05) is 4.90 Å². The monoisotopic (exact) mass is 568 g/mol. The summed E-state index contributed by atoms with van der Waals surface area (Å²) in [6.07, 6.45) is 0. The van der Waals surface area contributed by atoms with Gasteiger partial charge in [0.15, 0.2) is 6.46 Å². The first-order valence-electron chi connectivity index (χ1n) is 12.8. The third-order valence-electron chi connectivity index (χ3n) is 7.84. The van der Waals surface area contributed by atoms with Crippen LogP contribution in [0.1, 0.15) is 25.0 Å². The van der Waals surface area contributed by atoms with E-state index in [9.17, 15) is 8.78 Å². The van der Waals surface area contributed by atoms with Crippen molar-refractivity contribution in [3.8, 4) is 0 Å². The van der Waals surface area contributed by atoms with Gasteiger partial charge in [0.2, 0.25) is 0 Å². The van der Waals surface area contributed by atoms with E-state index in [1.54, 1.807) is 11.8 Å². The van der Waals surface area contributed by atoms with Crippen LogP contribution in [-0.2, 0) is 5.41 Å². The molecule has 0 fully saturated rings. The summed E-state index contributed by atoms with van der Waals surface area (Å²) in [4.78, 5) is 4.45. The maximum Gasteiger partial charge on any atom is 0.170 e. The summed E-state index contributed by atoms with van der Waals surface area (Å²) in [6, 6.07) is 35.5. The zero-order valence-electron chi connectivity index (χ0n) is 21.4. The molecule has 1 unspecified atom stereocenters. The molecule has 0 aliphatic carbocycles. The van der Waals surface area contributed by atoms with Gasteiger partial charge in [0, 0.05) is 41.6 Å². The first kappa shape index (κ1) is 24.9. The van der Waals surface area contributed by atoms with Crippen molar-refractivity contribution in [2.24, 2.45) is 0 Å². The van der Waals surface area contributed by atoms with E-state index in [1.165, 1.54) is 23.3 Å². The van der Waals surface area contributed by atoms with Gasteiger partial charge in [-0.05, 0) is 53.6 Å². The van der Waals surface area contributed by atoms with Crippen molar-refractivity contribution in [3.05, 3.63) is 132 Å². The zero-order chi connectivity index (χ0) is 26.9. The minimum Gasteiger partial charge on any atom is -0.310 e. The SMILES string of the molecule is CC1(C)c2ccccc2N(c2ccc3c(c2)Sc2ccccc2[P+]3(S)c2cc(F)cc(F)c2)c2ccccc21. The normalized spacial score (nSPS) is 18.5. The van der Waals surface area contributed by atoms with Crippen molar-refractivity contribution in [1.82, 2.24) is 0 Å². The topological polar surface area (TPSA) is 3.24 Å². The molecule has 0 saturated carbocycles. The third-order valence-corrected chi connectivity index (χ3v) is 14.4. The van der Waals surface area contributed by atoms with Crippen LogP contribution in [0.25, 0.3) is 0 Å². The number of para-hydroxylation sites is 2. The zero-order valence-corrected chi connectivity index (χ0v) is 24.0. The fraction of sp³-hybridized carbons (Fsp3) is 0.0909. The van der Waals surface area contributed by atoms with Gasteiger partial charge in [-0.25, -0.2) is 8.78 Å². The Morgan fingerprint density at radius 1 is 0.667 bits per heavy atom. The molecule has 2 heterocycles. The van der Waals surface area contributed by atoms with E-state index < -0.39 is 18.1 Å². The average molecular weight is 569 g/mol. The van der Waals surface area contributed by atoms with E-state index in [4.69, 9.17) is 12.2 Å². The molecule has 5 aromatic rings. The lowest BCUT2D eigenvalue weighted by molar-refractivity contribution is 0.585. The van der Waals surface area contributed by atoms with E-state index >= 15 is 0 Å². The predicted octanol–water partition coefficient (Wildman–Crippen LogP) is 8.68. The van der Waals surface area contributed by atoms with Crippen molar-refractivity contribution in [3.63, 3.8) is 0 Å². The Kier molecular flexibility index (Phi) is 5.72. The molecule has 0 saturated heterocycles. The van der Waals surface area contributed by atoms with Gasteiger partial charge in [0.1, 0.15) is 27.5 Å². The van der Waals surface area contributed by atoms with Gasteiger partial charge in [-0.3, -0.25) is 0 Å². The van der Waals surface area contributed by atoms with E-state index in [0.717, 1.165) is 43.5 Å². The molecule has 5 aromatic carbocycles. The molecule has 0 spiro atoms. The van der Waals surface area contributed by atoms with Crippen molar-refractivity contribution in [1.29, 1.82) is 0 Å². The summed E-state index contributed by atoms with van der Waals surface area (Å²) in [6.45, 7) is 1.97. The van der Waals surface area contributed by atoms with Crippen molar-refractivity contribution >= 4 is 63.5 Å². The van der Waals surface area contributed by atoms with Gasteiger partial charge in [-0.15, -0.1) is 0 Å². The maximum absolute atomic E-state index is 14.5. The van der Waals surface area contributed by atoms with Crippen LogP contribution in [0.3, 0.4) is 0 Å². The van der Waals surface area contributed by atoms with Crippen LogP contribution in [0.5, 0.6) is 0 Å². The minimum atomic E-state index is -2.59. The Morgan fingerprint density at radius 2 is 1.23 bits per heavy atom. The second-order valence-corrected chi connectivity index (χ2v) is 16.1. The third kappa shape index (κ3) is 3.71. The van der Waals surface area contributed by atoms with E-state index in [1.807, 2.05) is 18.2 Å². The predicted molar refractivity (Wildman–Crippen MR) is 165 cm³/mol. The number of anilines is 3. The van der Waals surface area contributed by atoms with Crippen molar-refractivity contribution < 1.29 is 8.78 Å². The molecule has 1 nitrogen and oxygen atoms in total.